The minimum absolute atomic E-state index is 0.340. The van der Waals surface area contributed by atoms with Crippen LogP contribution < -0.4 is 10.1 Å². The highest BCUT2D eigenvalue weighted by atomic mass is 127. The predicted octanol–water partition coefficient (Wildman–Crippen LogP) is 1.77. The molecule has 0 aliphatic carbocycles. The average molecular weight is 322 g/mol. The first kappa shape index (κ1) is 11.1. The van der Waals surface area contributed by atoms with Crippen LogP contribution in [0.25, 0.3) is 0 Å². The first-order chi connectivity index (χ1) is 7.25. The van der Waals surface area contributed by atoms with Gasteiger partial charge in [0.05, 0.1) is 6.20 Å². The Hall–Kier alpha value is -0.430. The van der Waals surface area contributed by atoms with E-state index in [1.807, 2.05) is 12.1 Å². The molecule has 0 saturated carbocycles. The monoisotopic (exact) mass is 322 g/mol. The second-order valence-corrected chi connectivity index (χ2v) is 4.59. The third-order valence-corrected chi connectivity index (χ3v) is 2.97. The van der Waals surface area contributed by atoms with Gasteiger partial charge in [0.15, 0.2) is 0 Å². The number of nitrogens with one attached hydrogen (secondary N) is 1. The van der Waals surface area contributed by atoms with Crippen LogP contribution in [0.2, 0.25) is 0 Å². The largest absolute Gasteiger partial charge is 0.486 e. The minimum atomic E-state index is -0.932. The van der Waals surface area contributed by atoms with E-state index in [2.05, 4.69) is 32.9 Å². The summed E-state index contributed by atoms with van der Waals surface area (Å²) in [5.74, 6) is 0.643. The van der Waals surface area contributed by atoms with Gasteiger partial charge in [-0.3, -0.25) is 0 Å². The number of aromatic nitrogens is 1. The van der Waals surface area contributed by atoms with Gasteiger partial charge >= 0.3 is 0 Å². The van der Waals surface area contributed by atoms with Crippen LogP contribution in [-0.4, -0.2) is 30.3 Å². The number of piperidine rings is 1. The fraction of sp³-hybridized carbons (Fsp3) is 0.500. The van der Waals surface area contributed by atoms with Gasteiger partial charge in [0.25, 0.3) is 0 Å². The highest BCUT2D eigenvalue weighted by Crippen LogP contribution is 2.18. The summed E-state index contributed by atoms with van der Waals surface area (Å²) in [5, 5.41) is 2.99. The zero-order valence-electron chi connectivity index (χ0n) is 8.12. The lowest BCUT2D eigenvalue weighted by Crippen LogP contribution is -2.44. The molecule has 0 bridgehead atoms. The van der Waals surface area contributed by atoms with Gasteiger partial charge in [0, 0.05) is 6.54 Å². The molecule has 1 aliphatic rings. The van der Waals surface area contributed by atoms with Crippen LogP contribution in [0, 0.1) is 3.70 Å². The average Bonchev–Trinajstić information content (AvgIpc) is 2.25. The lowest BCUT2D eigenvalue weighted by atomic mass is 10.1. The van der Waals surface area contributed by atoms with Crippen molar-refractivity contribution >= 4 is 22.6 Å². The van der Waals surface area contributed by atoms with Gasteiger partial charge in [-0.1, -0.05) is 0 Å². The maximum Gasteiger partial charge on any atom is 0.149 e. The van der Waals surface area contributed by atoms with Crippen molar-refractivity contribution in [1.82, 2.24) is 10.3 Å². The highest BCUT2D eigenvalue weighted by Gasteiger charge is 2.26. The number of nitrogens with zero attached hydrogens (tertiary/aromatic N) is 1. The standard InChI is InChI=1S/C10H12FIN2O/c11-8-6-13-4-3-9(8)15-7-1-2-10(12)14-5-7/h1-2,5,8-9,13H,3-4,6H2/t8-,9?/m1/s1. The molecule has 82 valence electrons. The number of halogens is 2. The molecule has 0 radical (unpaired) electrons. The third kappa shape index (κ3) is 3.01. The zero-order chi connectivity index (χ0) is 10.7. The van der Waals surface area contributed by atoms with E-state index in [9.17, 15) is 4.39 Å². The summed E-state index contributed by atoms with van der Waals surface area (Å²) in [6, 6.07) is 3.67. The SMILES string of the molecule is F[C@@H]1CNCCC1Oc1ccc(I)nc1. The maximum atomic E-state index is 13.4. The smallest absolute Gasteiger partial charge is 0.149 e. The van der Waals surface area contributed by atoms with Crippen molar-refractivity contribution in [3.63, 3.8) is 0 Å². The third-order valence-electron chi connectivity index (χ3n) is 2.34. The molecular weight excluding hydrogens is 310 g/mol. The fourth-order valence-corrected chi connectivity index (χ4v) is 1.86. The van der Waals surface area contributed by atoms with Gasteiger partial charge < -0.3 is 10.1 Å². The molecule has 1 saturated heterocycles. The quantitative estimate of drug-likeness (QED) is 0.666. The van der Waals surface area contributed by atoms with Gasteiger partial charge in [-0.25, -0.2) is 9.37 Å². The van der Waals surface area contributed by atoms with Crippen LogP contribution in [0.1, 0.15) is 6.42 Å². The van der Waals surface area contributed by atoms with Crippen molar-refractivity contribution in [1.29, 1.82) is 0 Å². The second-order valence-electron chi connectivity index (χ2n) is 3.48. The van der Waals surface area contributed by atoms with E-state index >= 15 is 0 Å². The highest BCUT2D eigenvalue weighted by molar-refractivity contribution is 14.1. The molecule has 1 aliphatic heterocycles. The fourth-order valence-electron chi connectivity index (χ4n) is 1.54. The molecule has 1 aromatic heterocycles. The van der Waals surface area contributed by atoms with Crippen LogP contribution in [0.5, 0.6) is 5.75 Å². The maximum absolute atomic E-state index is 13.4. The summed E-state index contributed by atoms with van der Waals surface area (Å²) in [6.45, 7) is 1.19. The molecule has 1 unspecified atom stereocenters. The number of rotatable bonds is 2. The van der Waals surface area contributed by atoms with E-state index in [-0.39, 0.29) is 6.10 Å². The van der Waals surface area contributed by atoms with E-state index in [1.165, 1.54) is 0 Å². The molecule has 2 heterocycles. The lowest BCUT2D eigenvalue weighted by molar-refractivity contribution is 0.0728. The number of ether oxygens (including phenoxy) is 1. The van der Waals surface area contributed by atoms with Gasteiger partial charge in [-0.2, -0.15) is 0 Å². The Morgan fingerprint density at radius 2 is 2.40 bits per heavy atom. The van der Waals surface area contributed by atoms with Gasteiger partial charge in [-0.15, -0.1) is 0 Å². The van der Waals surface area contributed by atoms with E-state index in [4.69, 9.17) is 4.74 Å². The van der Waals surface area contributed by atoms with Crippen molar-refractivity contribution in [3.05, 3.63) is 22.0 Å². The first-order valence-corrected chi connectivity index (χ1v) is 5.96. The molecule has 1 aromatic rings. The molecule has 3 nitrogen and oxygen atoms in total. The summed E-state index contributed by atoms with van der Waals surface area (Å²) in [7, 11) is 0. The van der Waals surface area contributed by atoms with Gasteiger partial charge in [0.2, 0.25) is 0 Å². The summed E-state index contributed by atoms with van der Waals surface area (Å²) in [4.78, 5) is 4.09. The van der Waals surface area contributed by atoms with Crippen LogP contribution in [0.3, 0.4) is 0 Å². The molecule has 5 heteroatoms. The first-order valence-electron chi connectivity index (χ1n) is 4.89. The van der Waals surface area contributed by atoms with Crippen molar-refractivity contribution in [2.24, 2.45) is 0 Å². The Morgan fingerprint density at radius 3 is 3.07 bits per heavy atom. The topological polar surface area (TPSA) is 34.1 Å². The Labute approximate surface area is 102 Å². The normalized spacial score (nSPS) is 26.3. The van der Waals surface area contributed by atoms with Gasteiger partial charge in [0.1, 0.15) is 21.7 Å². The summed E-state index contributed by atoms with van der Waals surface area (Å²) in [6.07, 6.45) is 1.06. The van der Waals surface area contributed by atoms with Crippen LogP contribution in [-0.2, 0) is 0 Å². The molecule has 1 fully saturated rings. The molecular formula is C10H12FIN2O. The van der Waals surface area contributed by atoms with E-state index in [0.29, 0.717) is 18.7 Å². The van der Waals surface area contributed by atoms with E-state index in [0.717, 1.165) is 10.2 Å². The zero-order valence-corrected chi connectivity index (χ0v) is 10.3. The molecule has 0 spiro atoms. The molecule has 2 atom stereocenters. The Morgan fingerprint density at radius 1 is 1.53 bits per heavy atom. The summed E-state index contributed by atoms with van der Waals surface area (Å²) < 4.78 is 19.8. The van der Waals surface area contributed by atoms with Crippen LogP contribution in [0.15, 0.2) is 18.3 Å². The summed E-state index contributed by atoms with van der Waals surface area (Å²) in [5.41, 5.74) is 0. The van der Waals surface area contributed by atoms with E-state index in [1.54, 1.807) is 6.20 Å². The number of hydrogen-bond donors (Lipinski definition) is 1. The molecule has 0 aromatic carbocycles. The molecule has 15 heavy (non-hydrogen) atoms. The van der Waals surface area contributed by atoms with Crippen LogP contribution >= 0.6 is 22.6 Å². The van der Waals surface area contributed by atoms with Crippen molar-refractivity contribution in [2.75, 3.05) is 13.1 Å². The Bertz CT molecular complexity index is 320. The predicted molar refractivity (Wildman–Crippen MR) is 63.8 cm³/mol. The van der Waals surface area contributed by atoms with Crippen molar-refractivity contribution in [2.45, 2.75) is 18.7 Å². The molecule has 2 rings (SSSR count). The van der Waals surface area contributed by atoms with Crippen LogP contribution in [0.4, 0.5) is 4.39 Å². The Balaban J connectivity index is 1.98. The molecule has 0 amide bonds. The van der Waals surface area contributed by atoms with Crippen molar-refractivity contribution < 1.29 is 9.13 Å². The minimum Gasteiger partial charge on any atom is -0.486 e. The lowest BCUT2D eigenvalue weighted by Gasteiger charge is -2.27. The van der Waals surface area contributed by atoms with Gasteiger partial charge in [-0.05, 0) is 47.7 Å². The Kier molecular flexibility index (Phi) is 3.74. The van der Waals surface area contributed by atoms with Crippen molar-refractivity contribution in [3.8, 4) is 5.75 Å². The summed E-state index contributed by atoms with van der Waals surface area (Å²) >= 11 is 2.12. The number of alkyl halides is 1. The van der Waals surface area contributed by atoms with E-state index < -0.39 is 6.17 Å². The number of pyridine rings is 1. The molecule has 1 N–H and O–H groups in total. The number of hydrogen-bond acceptors (Lipinski definition) is 3. The second kappa shape index (κ2) is 5.07.